The second-order valence-electron chi connectivity index (χ2n) is 7.67. The van der Waals surface area contributed by atoms with Gasteiger partial charge in [0.05, 0.1) is 0 Å². The van der Waals surface area contributed by atoms with E-state index in [9.17, 15) is 0 Å². The summed E-state index contributed by atoms with van der Waals surface area (Å²) in [5, 5.41) is 1.50. The lowest BCUT2D eigenvalue weighted by atomic mass is 9.89. The lowest BCUT2D eigenvalue weighted by Crippen LogP contribution is -2.40. The van der Waals surface area contributed by atoms with Crippen molar-refractivity contribution in [2.45, 2.75) is 52.6 Å². The average Bonchev–Trinajstić information content (AvgIpc) is 2.67. The van der Waals surface area contributed by atoms with Crippen LogP contribution in [0.4, 0.5) is 0 Å². The molecular formula is C25H34Si. The van der Waals surface area contributed by atoms with Crippen molar-refractivity contribution in [1.29, 1.82) is 0 Å². The van der Waals surface area contributed by atoms with E-state index in [-0.39, 0.29) is 0 Å². The predicted octanol–water partition coefficient (Wildman–Crippen LogP) is 7.00. The van der Waals surface area contributed by atoms with Crippen molar-refractivity contribution in [2.75, 3.05) is 0 Å². The molecule has 0 radical (unpaired) electrons. The number of allylic oxidation sites excluding steroid dienone is 3. The van der Waals surface area contributed by atoms with Gasteiger partial charge >= 0.3 is 0 Å². The lowest BCUT2D eigenvalue weighted by molar-refractivity contribution is 0.702. The Hall–Kier alpha value is -1.86. The number of unbranched alkanes of at least 4 members (excludes halogenated alkanes) is 1. The van der Waals surface area contributed by atoms with Gasteiger partial charge in [0.1, 0.15) is 8.07 Å². The smallest absolute Gasteiger partial charge is 0.0879 e. The molecule has 0 saturated heterocycles. The molecule has 2 rings (SSSR count). The van der Waals surface area contributed by atoms with Crippen molar-refractivity contribution in [3.63, 3.8) is 0 Å². The number of hydrogen-bond acceptors (Lipinski definition) is 0. The van der Waals surface area contributed by atoms with Gasteiger partial charge in [-0.3, -0.25) is 0 Å². The highest BCUT2D eigenvalue weighted by Crippen LogP contribution is 2.30. The van der Waals surface area contributed by atoms with Gasteiger partial charge in [-0.15, -0.1) is 0 Å². The first-order chi connectivity index (χ1) is 12.6. The summed E-state index contributed by atoms with van der Waals surface area (Å²) in [7, 11) is -1.66. The Balaban J connectivity index is 2.49. The van der Waals surface area contributed by atoms with Crippen molar-refractivity contribution >= 4 is 18.8 Å². The van der Waals surface area contributed by atoms with Crippen LogP contribution in [-0.4, -0.2) is 8.07 Å². The van der Waals surface area contributed by atoms with E-state index in [1.165, 1.54) is 42.0 Å². The molecule has 0 aliphatic heterocycles. The highest BCUT2D eigenvalue weighted by molar-refractivity contribution is 6.94. The third-order valence-corrected chi connectivity index (χ3v) is 7.82. The summed E-state index contributed by atoms with van der Waals surface area (Å²) in [5.74, 6) is 0.504. The predicted molar refractivity (Wildman–Crippen MR) is 120 cm³/mol. The maximum Gasteiger partial charge on any atom is 0.104 e. The van der Waals surface area contributed by atoms with E-state index in [0.29, 0.717) is 5.92 Å². The van der Waals surface area contributed by atoms with Gasteiger partial charge in [0, 0.05) is 5.92 Å². The van der Waals surface area contributed by atoms with E-state index in [2.05, 4.69) is 105 Å². The minimum Gasteiger partial charge on any atom is -0.0879 e. The fourth-order valence-corrected chi connectivity index (χ4v) is 5.84. The second-order valence-corrected chi connectivity index (χ2v) is 12.0. The molecule has 0 amide bonds. The molecule has 0 fully saturated rings. The summed E-state index contributed by atoms with van der Waals surface area (Å²) in [6.45, 7) is 9.47. The fourth-order valence-electron chi connectivity index (χ4n) is 3.47. The Bertz CT molecular complexity index is 695. The van der Waals surface area contributed by atoms with Crippen LogP contribution in [0.3, 0.4) is 0 Å². The fraction of sp³-hybridized carbons (Fsp3) is 0.360. The topological polar surface area (TPSA) is 0 Å². The van der Waals surface area contributed by atoms with Crippen molar-refractivity contribution < 1.29 is 0 Å². The molecule has 0 aromatic heterocycles. The van der Waals surface area contributed by atoms with E-state index >= 15 is 0 Å². The Kier molecular flexibility index (Phi) is 8.12. The van der Waals surface area contributed by atoms with E-state index in [1.807, 2.05) is 0 Å². The Morgan fingerprint density at radius 2 is 1.50 bits per heavy atom. The van der Waals surface area contributed by atoms with Gasteiger partial charge in [-0.2, -0.15) is 0 Å². The van der Waals surface area contributed by atoms with Crippen LogP contribution in [-0.2, 0) is 0 Å². The molecule has 2 aromatic carbocycles. The summed E-state index contributed by atoms with van der Waals surface area (Å²) < 4.78 is 0. The summed E-state index contributed by atoms with van der Waals surface area (Å²) in [4.78, 5) is 0. The van der Waals surface area contributed by atoms with E-state index in [0.717, 1.165) is 0 Å². The number of hydrogen-bond donors (Lipinski definition) is 0. The summed E-state index contributed by atoms with van der Waals surface area (Å²) >= 11 is 0. The van der Waals surface area contributed by atoms with Crippen LogP contribution >= 0.6 is 0 Å². The standard InChI is InChI=1S/C25H34Si/c1-5-7-10-16-22(15-6-2)25(23-17-11-8-12-18-23)21-26(3,4)24-19-13-9-14-20-24/h8-14,16-22H,5-7,15H2,1-4H3/b16-10+,25-21+. The largest absolute Gasteiger partial charge is 0.104 e. The normalized spacial score (nSPS) is 13.9. The van der Waals surface area contributed by atoms with Crippen LogP contribution < -0.4 is 5.19 Å². The molecule has 0 nitrogen and oxygen atoms in total. The zero-order chi connectivity index (χ0) is 18.8. The van der Waals surface area contributed by atoms with Gasteiger partial charge in [-0.1, -0.05) is 123 Å². The van der Waals surface area contributed by atoms with Crippen molar-refractivity contribution in [3.8, 4) is 0 Å². The lowest BCUT2D eigenvalue weighted by Gasteiger charge is -2.25. The number of rotatable bonds is 9. The van der Waals surface area contributed by atoms with Gasteiger partial charge in [0.25, 0.3) is 0 Å². The van der Waals surface area contributed by atoms with Gasteiger partial charge in [0.15, 0.2) is 0 Å². The minimum absolute atomic E-state index is 0.504. The molecule has 1 atom stereocenters. The number of benzene rings is 2. The molecule has 138 valence electrons. The Morgan fingerprint density at radius 1 is 0.885 bits per heavy atom. The van der Waals surface area contributed by atoms with Crippen LogP contribution in [0, 0.1) is 5.92 Å². The monoisotopic (exact) mass is 362 g/mol. The highest BCUT2D eigenvalue weighted by Gasteiger charge is 2.24. The quantitative estimate of drug-likeness (QED) is 0.333. The molecule has 1 unspecified atom stereocenters. The maximum atomic E-state index is 2.63. The first-order valence-corrected chi connectivity index (χ1v) is 13.2. The third-order valence-electron chi connectivity index (χ3n) is 4.96. The molecule has 0 aliphatic carbocycles. The Labute approximate surface area is 161 Å². The van der Waals surface area contributed by atoms with E-state index < -0.39 is 8.07 Å². The first-order valence-electron chi connectivity index (χ1n) is 10.1. The molecule has 0 N–H and O–H groups in total. The van der Waals surface area contributed by atoms with Crippen LogP contribution in [0.15, 0.2) is 78.5 Å². The summed E-state index contributed by atoms with van der Waals surface area (Å²) in [6, 6.07) is 22.1. The van der Waals surface area contributed by atoms with Crippen LogP contribution in [0.5, 0.6) is 0 Å². The van der Waals surface area contributed by atoms with Crippen LogP contribution in [0.25, 0.3) is 5.57 Å². The van der Waals surface area contributed by atoms with Crippen molar-refractivity contribution in [2.24, 2.45) is 5.92 Å². The molecule has 0 heterocycles. The van der Waals surface area contributed by atoms with Gasteiger partial charge in [0.2, 0.25) is 0 Å². The molecule has 26 heavy (non-hydrogen) atoms. The third kappa shape index (κ3) is 5.84. The molecule has 0 saturated carbocycles. The zero-order valence-corrected chi connectivity index (χ0v) is 17.9. The molecular weight excluding hydrogens is 328 g/mol. The molecule has 0 spiro atoms. The maximum absolute atomic E-state index is 2.63. The van der Waals surface area contributed by atoms with E-state index in [1.54, 1.807) is 0 Å². The summed E-state index contributed by atoms with van der Waals surface area (Å²) in [6.07, 6.45) is 9.64. The van der Waals surface area contributed by atoms with Gasteiger partial charge in [-0.25, -0.2) is 0 Å². The van der Waals surface area contributed by atoms with Crippen LogP contribution in [0.2, 0.25) is 13.1 Å². The van der Waals surface area contributed by atoms with Crippen molar-refractivity contribution in [3.05, 3.63) is 84.1 Å². The molecule has 0 aliphatic rings. The SMILES string of the molecule is CCC/C=C/C(CCC)/C(=C\[Si](C)(C)c1ccccc1)c1ccccc1. The summed E-state index contributed by atoms with van der Waals surface area (Å²) in [5.41, 5.74) is 5.53. The Morgan fingerprint density at radius 3 is 2.08 bits per heavy atom. The van der Waals surface area contributed by atoms with Crippen LogP contribution in [0.1, 0.15) is 45.1 Å². The highest BCUT2D eigenvalue weighted by atomic mass is 28.3. The molecule has 0 bridgehead atoms. The zero-order valence-electron chi connectivity index (χ0n) is 16.9. The molecule has 2 aromatic rings. The first kappa shape index (κ1) is 20.4. The van der Waals surface area contributed by atoms with Gasteiger partial charge < -0.3 is 0 Å². The average molecular weight is 363 g/mol. The van der Waals surface area contributed by atoms with Crippen molar-refractivity contribution in [1.82, 2.24) is 0 Å². The second kappa shape index (κ2) is 10.3. The minimum atomic E-state index is -1.66. The van der Waals surface area contributed by atoms with Gasteiger partial charge in [-0.05, 0) is 24.0 Å². The molecule has 1 heteroatoms. The van der Waals surface area contributed by atoms with E-state index in [4.69, 9.17) is 0 Å².